The van der Waals surface area contributed by atoms with Gasteiger partial charge in [-0.15, -0.1) is 11.8 Å². The molecule has 0 radical (unpaired) electrons. The van der Waals surface area contributed by atoms with Crippen LogP contribution in [0.2, 0.25) is 0 Å². The fraction of sp³-hybridized carbons (Fsp3) is 0.343. The van der Waals surface area contributed by atoms with E-state index in [1.165, 1.54) is 25.3 Å². The largest absolute Gasteiger partial charge is 0.494 e. The quantitative estimate of drug-likeness (QED) is 0.0314. The fourth-order valence-corrected chi connectivity index (χ4v) is 6.04. The standard InChI is InChI=1S/C35H41N11O11S/c1-17(3-4-18(2)47)44-45-26(49)11-12-46-27(50)13-24(32(46)53)58-16-23(34(56)57)40-25(48)10-9-22(33(54)55)41-30(51)19-5-7-20(8-6-19)37-14-21-15-38-29-28(39-21)31(52)43-35(36)42-29/h5-8,13,15,22-23,37,50,53H,3-4,9-12,14,16H2,1-2H3,(H,40,48)(H,41,51)(H,45,49)(H,54,55)(H,56,57)(H3,36,38,42,43,52)/t22-,23-/m0/s1. The van der Waals surface area contributed by atoms with E-state index in [2.05, 4.69) is 46.4 Å². The lowest BCUT2D eigenvalue weighted by Gasteiger charge is -2.17. The minimum absolute atomic E-state index is 0.0105. The van der Waals surface area contributed by atoms with Crippen LogP contribution in [0.5, 0.6) is 11.8 Å². The van der Waals surface area contributed by atoms with Crippen LogP contribution in [0.4, 0.5) is 11.6 Å². The molecule has 58 heavy (non-hydrogen) atoms. The number of aromatic amines is 1. The minimum Gasteiger partial charge on any atom is -0.494 e. The lowest BCUT2D eigenvalue weighted by molar-refractivity contribution is -0.142. The van der Waals surface area contributed by atoms with Gasteiger partial charge in [-0.05, 0) is 51.0 Å². The second kappa shape index (κ2) is 20.2. The number of aromatic nitrogens is 5. The van der Waals surface area contributed by atoms with E-state index in [9.17, 15) is 54.0 Å². The van der Waals surface area contributed by atoms with Gasteiger partial charge in [-0.2, -0.15) is 10.1 Å². The van der Waals surface area contributed by atoms with E-state index in [0.29, 0.717) is 23.5 Å². The molecule has 0 aliphatic carbocycles. The number of aliphatic carboxylic acids is 2. The Morgan fingerprint density at radius 3 is 2.31 bits per heavy atom. The number of fused-ring (bicyclic) bond motifs is 1. The Labute approximate surface area is 332 Å². The average molecular weight is 824 g/mol. The number of nitrogens with one attached hydrogen (secondary N) is 5. The van der Waals surface area contributed by atoms with E-state index in [0.717, 1.165) is 22.4 Å². The van der Waals surface area contributed by atoms with Gasteiger partial charge in [-0.25, -0.2) is 25.0 Å². The van der Waals surface area contributed by atoms with Gasteiger partial charge in [0.15, 0.2) is 17.0 Å². The van der Waals surface area contributed by atoms with Gasteiger partial charge in [0.25, 0.3) is 11.5 Å². The number of anilines is 2. The Bertz CT molecular complexity index is 2280. The molecule has 3 aromatic heterocycles. The number of hydrazone groups is 1. The molecule has 308 valence electrons. The molecule has 0 aliphatic heterocycles. The molecule has 23 heteroatoms. The number of nitrogens with two attached hydrogens (primary N) is 1. The number of aromatic hydroxyl groups is 2. The maximum absolute atomic E-state index is 12.9. The normalized spacial score (nSPS) is 12.3. The third kappa shape index (κ3) is 12.8. The zero-order chi connectivity index (χ0) is 42.5. The Morgan fingerprint density at radius 2 is 1.64 bits per heavy atom. The highest BCUT2D eigenvalue weighted by atomic mass is 32.2. The van der Waals surface area contributed by atoms with Crippen molar-refractivity contribution in [1.82, 2.24) is 40.6 Å². The van der Waals surface area contributed by atoms with Crippen molar-refractivity contribution in [1.29, 1.82) is 0 Å². The van der Waals surface area contributed by atoms with Gasteiger partial charge >= 0.3 is 11.9 Å². The molecule has 4 aromatic rings. The summed E-state index contributed by atoms with van der Waals surface area (Å²) in [7, 11) is 0. The van der Waals surface area contributed by atoms with Gasteiger partial charge in [-0.3, -0.25) is 28.7 Å². The van der Waals surface area contributed by atoms with E-state index in [4.69, 9.17) is 5.73 Å². The number of hydrogen-bond acceptors (Lipinski definition) is 16. The molecule has 0 saturated heterocycles. The van der Waals surface area contributed by atoms with Crippen LogP contribution < -0.4 is 32.7 Å². The predicted octanol–water partition coefficient (Wildman–Crippen LogP) is 0.696. The molecule has 0 aliphatic rings. The van der Waals surface area contributed by atoms with Crippen LogP contribution in [-0.2, 0) is 37.1 Å². The van der Waals surface area contributed by atoms with Gasteiger partial charge in [0.05, 0.1) is 23.3 Å². The summed E-state index contributed by atoms with van der Waals surface area (Å²) in [5.41, 5.74) is 9.03. The molecule has 11 N–H and O–H groups in total. The van der Waals surface area contributed by atoms with E-state index < -0.39 is 65.5 Å². The van der Waals surface area contributed by atoms with Crippen LogP contribution in [0.1, 0.15) is 62.0 Å². The molecule has 22 nitrogen and oxygen atoms in total. The van der Waals surface area contributed by atoms with Crippen molar-refractivity contribution in [2.45, 2.75) is 76.0 Å². The second-order valence-electron chi connectivity index (χ2n) is 12.8. The van der Waals surface area contributed by atoms with Crippen molar-refractivity contribution in [3.63, 3.8) is 0 Å². The van der Waals surface area contributed by atoms with Crippen molar-refractivity contribution < 1.29 is 49.2 Å². The highest BCUT2D eigenvalue weighted by Crippen LogP contribution is 2.36. The molecular weight excluding hydrogens is 783 g/mol. The van der Waals surface area contributed by atoms with Crippen LogP contribution in [0, 0.1) is 0 Å². The molecule has 0 fully saturated rings. The number of rotatable bonds is 21. The highest BCUT2D eigenvalue weighted by Gasteiger charge is 2.26. The van der Waals surface area contributed by atoms with Crippen molar-refractivity contribution >= 4 is 75.7 Å². The van der Waals surface area contributed by atoms with E-state index in [1.807, 2.05) is 0 Å². The smallest absolute Gasteiger partial charge is 0.327 e. The summed E-state index contributed by atoms with van der Waals surface area (Å²) in [5.74, 6) is -6.21. The first kappa shape index (κ1) is 43.7. The predicted molar refractivity (Wildman–Crippen MR) is 208 cm³/mol. The number of amides is 3. The van der Waals surface area contributed by atoms with Crippen molar-refractivity contribution in [3.8, 4) is 11.8 Å². The van der Waals surface area contributed by atoms with Gasteiger partial charge in [0.2, 0.25) is 23.6 Å². The van der Waals surface area contributed by atoms with Crippen LogP contribution >= 0.6 is 11.8 Å². The number of nitrogens with zero attached hydrogens (tertiary/aromatic N) is 5. The highest BCUT2D eigenvalue weighted by molar-refractivity contribution is 7.99. The third-order valence-electron chi connectivity index (χ3n) is 8.19. The fourth-order valence-electron chi connectivity index (χ4n) is 5.04. The van der Waals surface area contributed by atoms with E-state index in [-0.39, 0.29) is 71.5 Å². The number of carbonyl (C=O) groups excluding carboxylic acids is 4. The zero-order valence-corrected chi connectivity index (χ0v) is 32.0. The van der Waals surface area contributed by atoms with E-state index in [1.54, 1.807) is 19.1 Å². The van der Waals surface area contributed by atoms with Gasteiger partial charge in [0.1, 0.15) is 17.9 Å². The summed E-state index contributed by atoms with van der Waals surface area (Å²) in [6, 6.07) is 4.14. The van der Waals surface area contributed by atoms with Gasteiger partial charge < -0.3 is 46.9 Å². The number of carboxylic acids is 2. The molecule has 3 amide bonds. The number of benzene rings is 1. The number of hydrogen-bond donors (Lipinski definition) is 10. The third-order valence-corrected chi connectivity index (χ3v) is 9.31. The molecule has 4 rings (SSSR count). The first-order chi connectivity index (χ1) is 27.5. The van der Waals surface area contributed by atoms with Gasteiger partial charge in [0, 0.05) is 54.6 Å². The number of Topliss-reactive ketones (excluding diaryl/α,β-unsaturated/α-hetero) is 1. The van der Waals surface area contributed by atoms with Crippen LogP contribution in [0.15, 0.2) is 51.3 Å². The topological polar surface area (TPSA) is 346 Å². The maximum atomic E-state index is 12.9. The SMILES string of the molecule is CC(=O)CCC(C)=NNC(=O)CCn1c(O)cc(SC[C@H](NC(=O)CC[C@H](NC(=O)c2ccc(NCc3cnc4nc(N)[nH]c(=O)c4n3)cc2)C(=O)O)C(=O)O)c1O. The summed E-state index contributed by atoms with van der Waals surface area (Å²) >= 11 is 0.799. The maximum Gasteiger partial charge on any atom is 0.327 e. The summed E-state index contributed by atoms with van der Waals surface area (Å²) in [4.78, 5) is 99.5. The van der Waals surface area contributed by atoms with Crippen molar-refractivity contribution in [2.24, 2.45) is 5.10 Å². The lowest BCUT2D eigenvalue weighted by atomic mass is 10.1. The average Bonchev–Trinajstić information content (AvgIpc) is 3.45. The van der Waals surface area contributed by atoms with Gasteiger partial charge in [-0.1, -0.05) is 0 Å². The summed E-state index contributed by atoms with van der Waals surface area (Å²) in [6.45, 7) is 3.09. The lowest BCUT2D eigenvalue weighted by Crippen LogP contribution is -2.44. The van der Waals surface area contributed by atoms with Crippen LogP contribution in [-0.4, -0.2) is 104 Å². The Hall–Kier alpha value is -7.04. The molecular formula is C35H41N11O11S. The van der Waals surface area contributed by atoms with Crippen LogP contribution in [0.3, 0.4) is 0 Å². The zero-order valence-electron chi connectivity index (χ0n) is 31.1. The monoisotopic (exact) mass is 823 g/mol. The number of ketones is 1. The molecule has 0 spiro atoms. The molecule has 1 aromatic carbocycles. The molecule has 0 bridgehead atoms. The van der Waals surface area contributed by atoms with Crippen molar-refractivity contribution in [3.05, 3.63) is 58.1 Å². The first-order valence-corrected chi connectivity index (χ1v) is 18.5. The number of H-pyrrole nitrogens is 1. The molecule has 0 saturated carbocycles. The van der Waals surface area contributed by atoms with Crippen LogP contribution in [0.25, 0.3) is 11.2 Å². The Morgan fingerprint density at radius 1 is 0.931 bits per heavy atom. The molecule has 0 unspecified atom stereocenters. The number of carboxylic acid groups (broad SMARTS) is 2. The Kier molecular flexibility index (Phi) is 15.2. The van der Waals surface area contributed by atoms with Crippen molar-refractivity contribution in [2.75, 3.05) is 16.8 Å². The number of nitrogen functional groups attached to an aromatic ring is 1. The molecule has 3 heterocycles. The summed E-state index contributed by atoms with van der Waals surface area (Å²) in [5, 5.41) is 51.9. The van der Waals surface area contributed by atoms with E-state index >= 15 is 0 Å². The number of carbonyl (C=O) groups is 6. The Balaban J connectivity index is 1.24. The first-order valence-electron chi connectivity index (χ1n) is 17.5. The summed E-state index contributed by atoms with van der Waals surface area (Å²) in [6.07, 6.45) is 1.04. The minimum atomic E-state index is -1.50. The molecule has 2 atom stereocenters. The second-order valence-corrected chi connectivity index (χ2v) is 13.8. The summed E-state index contributed by atoms with van der Waals surface area (Å²) < 4.78 is 1.03. The number of thioether (sulfide) groups is 1.